The SMILES string of the molecule is O=C(O)C1CCN(Cc2cn3cc(F)ccc3n2)C1. The molecule has 1 fully saturated rings. The lowest BCUT2D eigenvalue weighted by Gasteiger charge is -2.12. The van der Waals surface area contributed by atoms with Gasteiger partial charge in [0.1, 0.15) is 11.5 Å². The number of nitrogens with zero attached hydrogens (tertiary/aromatic N) is 3. The lowest BCUT2D eigenvalue weighted by atomic mass is 10.1. The number of fused-ring (bicyclic) bond motifs is 1. The highest BCUT2D eigenvalue weighted by atomic mass is 19.1. The first kappa shape index (κ1) is 12.1. The summed E-state index contributed by atoms with van der Waals surface area (Å²) in [6.45, 7) is 1.92. The molecule has 0 amide bonds. The Morgan fingerprint density at radius 3 is 3.05 bits per heavy atom. The lowest BCUT2D eigenvalue weighted by molar-refractivity contribution is -0.141. The smallest absolute Gasteiger partial charge is 0.307 e. The largest absolute Gasteiger partial charge is 0.481 e. The Bertz CT molecular complexity index is 625. The van der Waals surface area contributed by atoms with Gasteiger partial charge in [0, 0.05) is 25.5 Å². The summed E-state index contributed by atoms with van der Waals surface area (Å²) < 4.78 is 14.7. The summed E-state index contributed by atoms with van der Waals surface area (Å²) in [5.41, 5.74) is 1.53. The van der Waals surface area contributed by atoms with Crippen molar-refractivity contribution < 1.29 is 14.3 Å². The van der Waals surface area contributed by atoms with Gasteiger partial charge in [0.15, 0.2) is 0 Å². The molecule has 100 valence electrons. The standard InChI is InChI=1S/C13H14FN3O2/c14-10-1-2-12-15-11(8-17(12)6-10)7-16-4-3-9(5-16)13(18)19/h1-2,6,8-9H,3-5,7H2,(H,18,19). The van der Waals surface area contributed by atoms with E-state index in [9.17, 15) is 9.18 Å². The fourth-order valence-corrected chi connectivity index (χ4v) is 2.50. The van der Waals surface area contributed by atoms with Gasteiger partial charge in [0.25, 0.3) is 0 Å². The van der Waals surface area contributed by atoms with Crippen LogP contribution in [0.4, 0.5) is 4.39 Å². The second-order valence-electron chi connectivity index (χ2n) is 4.90. The van der Waals surface area contributed by atoms with E-state index in [1.807, 2.05) is 0 Å². The molecule has 6 heteroatoms. The van der Waals surface area contributed by atoms with Gasteiger partial charge >= 0.3 is 5.97 Å². The molecular weight excluding hydrogens is 249 g/mol. The van der Waals surface area contributed by atoms with E-state index in [0.29, 0.717) is 25.2 Å². The highest BCUT2D eigenvalue weighted by Crippen LogP contribution is 2.18. The highest BCUT2D eigenvalue weighted by molar-refractivity contribution is 5.70. The molecule has 1 aliphatic heterocycles. The fourth-order valence-electron chi connectivity index (χ4n) is 2.50. The van der Waals surface area contributed by atoms with Gasteiger partial charge in [-0.1, -0.05) is 0 Å². The number of rotatable bonds is 3. The molecule has 3 heterocycles. The zero-order chi connectivity index (χ0) is 13.4. The molecule has 3 rings (SSSR count). The van der Waals surface area contributed by atoms with Crippen molar-refractivity contribution in [1.82, 2.24) is 14.3 Å². The molecular formula is C13H14FN3O2. The van der Waals surface area contributed by atoms with Crippen molar-refractivity contribution >= 4 is 11.6 Å². The van der Waals surface area contributed by atoms with Crippen LogP contribution in [0.1, 0.15) is 12.1 Å². The molecule has 0 radical (unpaired) electrons. The number of imidazole rings is 1. The van der Waals surface area contributed by atoms with E-state index in [1.165, 1.54) is 12.3 Å². The summed E-state index contributed by atoms with van der Waals surface area (Å²) in [5.74, 6) is -1.32. The maximum Gasteiger partial charge on any atom is 0.307 e. The predicted molar refractivity (Wildman–Crippen MR) is 66.2 cm³/mol. The molecule has 2 aromatic heterocycles. The normalized spacial score (nSPS) is 20.2. The number of hydrogen-bond acceptors (Lipinski definition) is 3. The number of likely N-dealkylation sites (tertiary alicyclic amines) is 1. The third-order valence-corrected chi connectivity index (χ3v) is 3.47. The molecule has 2 aromatic rings. The van der Waals surface area contributed by atoms with Crippen LogP contribution in [0.25, 0.3) is 5.65 Å². The van der Waals surface area contributed by atoms with E-state index in [-0.39, 0.29) is 11.7 Å². The average Bonchev–Trinajstić information content (AvgIpc) is 2.95. The minimum atomic E-state index is -0.737. The third-order valence-electron chi connectivity index (χ3n) is 3.47. The van der Waals surface area contributed by atoms with Gasteiger partial charge < -0.3 is 9.51 Å². The molecule has 19 heavy (non-hydrogen) atoms. The van der Waals surface area contributed by atoms with Crippen molar-refractivity contribution in [2.75, 3.05) is 13.1 Å². The molecule has 1 atom stereocenters. The van der Waals surface area contributed by atoms with E-state index in [4.69, 9.17) is 5.11 Å². The Morgan fingerprint density at radius 1 is 1.47 bits per heavy atom. The highest BCUT2D eigenvalue weighted by Gasteiger charge is 2.28. The second kappa shape index (κ2) is 4.62. The number of aromatic nitrogens is 2. The number of pyridine rings is 1. The number of carboxylic acid groups (broad SMARTS) is 1. The molecule has 0 aliphatic carbocycles. The summed E-state index contributed by atoms with van der Waals surface area (Å²) in [6.07, 6.45) is 3.85. The summed E-state index contributed by atoms with van der Waals surface area (Å²) in [4.78, 5) is 17.4. The van der Waals surface area contributed by atoms with Crippen LogP contribution >= 0.6 is 0 Å². The van der Waals surface area contributed by atoms with Crippen LogP contribution in [0.15, 0.2) is 24.5 Å². The Labute approximate surface area is 109 Å². The zero-order valence-electron chi connectivity index (χ0n) is 10.3. The van der Waals surface area contributed by atoms with Crippen molar-refractivity contribution in [3.63, 3.8) is 0 Å². The summed E-state index contributed by atoms with van der Waals surface area (Å²) >= 11 is 0. The van der Waals surface area contributed by atoms with Crippen molar-refractivity contribution in [2.24, 2.45) is 5.92 Å². The van der Waals surface area contributed by atoms with E-state index in [2.05, 4.69) is 9.88 Å². The average molecular weight is 263 g/mol. The van der Waals surface area contributed by atoms with E-state index < -0.39 is 5.97 Å². The number of carbonyl (C=O) groups is 1. The van der Waals surface area contributed by atoms with Crippen LogP contribution in [0, 0.1) is 11.7 Å². The maximum atomic E-state index is 13.1. The summed E-state index contributed by atoms with van der Waals surface area (Å²) in [7, 11) is 0. The number of hydrogen-bond donors (Lipinski definition) is 1. The summed E-state index contributed by atoms with van der Waals surface area (Å²) in [5, 5.41) is 8.95. The molecule has 1 unspecified atom stereocenters. The van der Waals surface area contributed by atoms with Crippen molar-refractivity contribution in [2.45, 2.75) is 13.0 Å². The fraction of sp³-hybridized carbons (Fsp3) is 0.385. The quantitative estimate of drug-likeness (QED) is 0.909. The van der Waals surface area contributed by atoms with Gasteiger partial charge in [-0.25, -0.2) is 9.37 Å². The Kier molecular flexibility index (Phi) is 2.94. The molecule has 1 saturated heterocycles. The van der Waals surface area contributed by atoms with Crippen LogP contribution < -0.4 is 0 Å². The molecule has 0 aromatic carbocycles. The molecule has 0 spiro atoms. The van der Waals surface area contributed by atoms with Crippen molar-refractivity contribution in [1.29, 1.82) is 0 Å². The van der Waals surface area contributed by atoms with Crippen LogP contribution in [0.3, 0.4) is 0 Å². The molecule has 1 N–H and O–H groups in total. The van der Waals surface area contributed by atoms with Crippen molar-refractivity contribution in [3.05, 3.63) is 36.0 Å². The van der Waals surface area contributed by atoms with Gasteiger partial charge in [0.05, 0.1) is 11.6 Å². The Balaban J connectivity index is 1.73. The first-order valence-corrected chi connectivity index (χ1v) is 6.20. The first-order valence-electron chi connectivity index (χ1n) is 6.20. The topological polar surface area (TPSA) is 57.8 Å². The number of carboxylic acids is 1. The van der Waals surface area contributed by atoms with Gasteiger partial charge in [-0.15, -0.1) is 0 Å². The van der Waals surface area contributed by atoms with Crippen molar-refractivity contribution in [3.8, 4) is 0 Å². The van der Waals surface area contributed by atoms with Crippen LogP contribution in [0.5, 0.6) is 0 Å². The minimum Gasteiger partial charge on any atom is -0.481 e. The van der Waals surface area contributed by atoms with Crippen LogP contribution in [-0.4, -0.2) is 38.4 Å². The Hall–Kier alpha value is -1.95. The van der Waals surface area contributed by atoms with Gasteiger partial charge in [-0.3, -0.25) is 9.69 Å². The van der Waals surface area contributed by atoms with E-state index >= 15 is 0 Å². The van der Waals surface area contributed by atoms with Gasteiger partial charge in [-0.2, -0.15) is 0 Å². The zero-order valence-corrected chi connectivity index (χ0v) is 10.3. The van der Waals surface area contributed by atoms with Gasteiger partial charge in [-0.05, 0) is 25.1 Å². The maximum absolute atomic E-state index is 13.1. The molecule has 1 aliphatic rings. The number of aliphatic carboxylic acids is 1. The van der Waals surface area contributed by atoms with Gasteiger partial charge in [0.2, 0.25) is 0 Å². The minimum absolute atomic E-state index is 0.283. The Morgan fingerprint density at radius 2 is 2.32 bits per heavy atom. The molecule has 0 bridgehead atoms. The van der Waals surface area contributed by atoms with Crippen LogP contribution in [0.2, 0.25) is 0 Å². The van der Waals surface area contributed by atoms with E-state index in [0.717, 1.165) is 12.2 Å². The molecule has 5 nitrogen and oxygen atoms in total. The second-order valence-corrected chi connectivity index (χ2v) is 4.90. The predicted octanol–water partition coefficient (Wildman–Crippen LogP) is 1.38. The lowest BCUT2D eigenvalue weighted by Crippen LogP contribution is -2.22. The van der Waals surface area contributed by atoms with E-state index in [1.54, 1.807) is 16.7 Å². The summed E-state index contributed by atoms with van der Waals surface area (Å²) in [6, 6.07) is 3.01. The monoisotopic (exact) mass is 263 g/mol. The third kappa shape index (κ3) is 2.44. The van der Waals surface area contributed by atoms with Crippen LogP contribution in [-0.2, 0) is 11.3 Å². The first-order chi connectivity index (χ1) is 9.11. The molecule has 0 saturated carbocycles. The number of halogens is 1.